The number of aromatic nitrogens is 1. The molecule has 1 nitrogen and oxygen atoms in total. The molecule has 2 aliphatic carbocycles. The number of rotatable bonds is 3. The van der Waals surface area contributed by atoms with Crippen molar-refractivity contribution >= 4 is 21.8 Å². The van der Waals surface area contributed by atoms with Crippen LogP contribution < -0.4 is 0 Å². The molecule has 0 atom stereocenters. The minimum atomic E-state index is -5.05. The van der Waals surface area contributed by atoms with Crippen LogP contribution in [-0.4, -0.2) is 4.57 Å². The number of alkyl halides is 6. The molecule has 0 radical (unpaired) electrons. The Hall–Kier alpha value is -6.08. The van der Waals surface area contributed by atoms with Crippen LogP contribution in [-0.2, 0) is 12.4 Å². The summed E-state index contributed by atoms with van der Waals surface area (Å²) in [5, 5.41) is 1.43. The molecule has 0 bridgehead atoms. The van der Waals surface area contributed by atoms with Crippen molar-refractivity contribution in [3.8, 4) is 27.9 Å². The van der Waals surface area contributed by atoms with Crippen molar-refractivity contribution < 1.29 is 26.3 Å². The monoisotopic (exact) mass is 707 g/mol. The predicted molar refractivity (Wildman–Crippen MR) is 196 cm³/mol. The quantitative estimate of drug-likeness (QED) is 0.161. The third kappa shape index (κ3) is 4.72. The fourth-order valence-electron chi connectivity index (χ4n) is 8.84. The van der Waals surface area contributed by atoms with Crippen LogP contribution in [0.15, 0.2) is 152 Å². The third-order valence-electron chi connectivity index (χ3n) is 11.0. The van der Waals surface area contributed by atoms with Crippen LogP contribution in [0.2, 0.25) is 0 Å². The SMILES string of the molecule is FC(F)(F)c1ccc(-n2c3ccc(C4c5ccccc5-c5ccccc54)cc3c3cc(C4c5ccccc5-c5ccccc54)ccc32)c(C(F)(F)F)c1. The molecule has 1 heterocycles. The van der Waals surface area contributed by atoms with E-state index in [2.05, 4.69) is 60.7 Å². The number of halogens is 6. The van der Waals surface area contributed by atoms with E-state index < -0.39 is 23.5 Å². The number of fused-ring (bicyclic) bond motifs is 9. The highest BCUT2D eigenvalue weighted by molar-refractivity contribution is 6.10. The molecule has 8 aromatic rings. The van der Waals surface area contributed by atoms with Crippen molar-refractivity contribution in [3.05, 3.63) is 196 Å². The summed E-state index contributed by atoms with van der Waals surface area (Å²) >= 11 is 0. The zero-order valence-electron chi connectivity index (χ0n) is 27.8. The van der Waals surface area contributed by atoms with Crippen LogP contribution in [0.25, 0.3) is 49.7 Å². The molecule has 0 saturated carbocycles. The lowest BCUT2D eigenvalue weighted by molar-refractivity contribution is -0.142. The van der Waals surface area contributed by atoms with Crippen LogP contribution in [0.1, 0.15) is 56.3 Å². The lowest BCUT2D eigenvalue weighted by Crippen LogP contribution is -2.14. The van der Waals surface area contributed by atoms with Gasteiger partial charge in [-0.1, -0.05) is 109 Å². The Morgan fingerprint density at radius 1 is 0.396 bits per heavy atom. The second-order valence-corrected chi connectivity index (χ2v) is 13.8. The molecule has 2 aliphatic rings. The lowest BCUT2D eigenvalue weighted by Gasteiger charge is -2.19. The first kappa shape index (κ1) is 31.6. The van der Waals surface area contributed by atoms with E-state index in [1.165, 1.54) is 4.57 Å². The predicted octanol–water partition coefficient (Wildman–Crippen LogP) is 13.1. The van der Waals surface area contributed by atoms with Gasteiger partial charge in [0.05, 0.1) is 27.8 Å². The average molecular weight is 708 g/mol. The molecule has 0 aliphatic heterocycles. The normalized spacial score (nSPS) is 14.1. The highest BCUT2D eigenvalue weighted by Gasteiger charge is 2.39. The van der Waals surface area contributed by atoms with Crippen molar-refractivity contribution in [2.24, 2.45) is 0 Å². The summed E-state index contributed by atoms with van der Waals surface area (Å²) in [4.78, 5) is 0. The molecule has 0 amide bonds. The molecule has 0 unspecified atom stereocenters. The Bertz CT molecular complexity index is 2540. The van der Waals surface area contributed by atoms with Crippen LogP contribution in [0.3, 0.4) is 0 Å². The van der Waals surface area contributed by atoms with E-state index in [0.29, 0.717) is 21.8 Å². The zero-order valence-corrected chi connectivity index (χ0v) is 27.8. The van der Waals surface area contributed by atoms with Gasteiger partial charge in [-0.15, -0.1) is 0 Å². The van der Waals surface area contributed by atoms with Crippen molar-refractivity contribution in [1.29, 1.82) is 0 Å². The fourth-order valence-corrected chi connectivity index (χ4v) is 8.84. The van der Waals surface area contributed by atoms with Gasteiger partial charge in [0, 0.05) is 22.6 Å². The first-order valence-electron chi connectivity index (χ1n) is 17.3. The molecule has 0 fully saturated rings. The van der Waals surface area contributed by atoms with Gasteiger partial charge in [-0.3, -0.25) is 0 Å². The minimum absolute atomic E-state index is 0.112. The van der Waals surface area contributed by atoms with Crippen LogP contribution >= 0.6 is 0 Å². The second kappa shape index (κ2) is 11.2. The maximum atomic E-state index is 14.7. The first-order valence-corrected chi connectivity index (χ1v) is 17.3. The molecule has 258 valence electrons. The minimum Gasteiger partial charge on any atom is -0.309 e. The summed E-state index contributed by atoms with van der Waals surface area (Å²) in [5.41, 5.74) is 8.91. The van der Waals surface area contributed by atoms with E-state index in [-0.39, 0.29) is 23.6 Å². The second-order valence-electron chi connectivity index (χ2n) is 13.8. The van der Waals surface area contributed by atoms with Crippen molar-refractivity contribution in [3.63, 3.8) is 0 Å². The van der Waals surface area contributed by atoms with Gasteiger partial charge in [-0.25, -0.2) is 0 Å². The van der Waals surface area contributed by atoms with Gasteiger partial charge >= 0.3 is 12.4 Å². The Balaban J connectivity index is 1.26. The molecule has 7 aromatic carbocycles. The van der Waals surface area contributed by atoms with Crippen LogP contribution in [0.5, 0.6) is 0 Å². The van der Waals surface area contributed by atoms with E-state index in [0.717, 1.165) is 67.8 Å². The maximum absolute atomic E-state index is 14.7. The molecular formula is C46H27F6N. The lowest BCUT2D eigenvalue weighted by atomic mass is 9.87. The average Bonchev–Trinajstić information content (AvgIpc) is 3.79. The highest BCUT2D eigenvalue weighted by Crippen LogP contribution is 2.51. The number of nitrogens with zero attached hydrogens (tertiary/aromatic N) is 1. The summed E-state index contributed by atoms with van der Waals surface area (Å²) < 4.78 is 87.0. The smallest absolute Gasteiger partial charge is 0.309 e. The number of hydrogen-bond donors (Lipinski definition) is 0. The fraction of sp³-hybridized carbons (Fsp3) is 0.0870. The largest absolute Gasteiger partial charge is 0.418 e. The third-order valence-corrected chi connectivity index (χ3v) is 11.0. The van der Waals surface area contributed by atoms with E-state index in [1.807, 2.05) is 72.8 Å². The molecular weight excluding hydrogens is 681 g/mol. The summed E-state index contributed by atoms with van der Waals surface area (Å²) in [7, 11) is 0. The highest BCUT2D eigenvalue weighted by atomic mass is 19.4. The molecule has 0 spiro atoms. The maximum Gasteiger partial charge on any atom is 0.418 e. The van der Waals surface area contributed by atoms with Gasteiger partial charge in [0.1, 0.15) is 0 Å². The number of benzene rings is 7. The molecule has 1 aromatic heterocycles. The first-order chi connectivity index (χ1) is 25.6. The van der Waals surface area contributed by atoms with Gasteiger partial charge in [-0.2, -0.15) is 26.3 Å². The van der Waals surface area contributed by atoms with Crippen molar-refractivity contribution in [2.75, 3.05) is 0 Å². The molecule has 0 saturated heterocycles. The molecule has 10 rings (SSSR count). The van der Waals surface area contributed by atoms with Gasteiger partial charge in [0.2, 0.25) is 0 Å². The molecule has 7 heteroatoms. The van der Waals surface area contributed by atoms with Gasteiger partial charge in [-0.05, 0) is 98.1 Å². The van der Waals surface area contributed by atoms with Gasteiger partial charge in [0.15, 0.2) is 0 Å². The van der Waals surface area contributed by atoms with Crippen LogP contribution in [0, 0.1) is 0 Å². The Morgan fingerprint density at radius 2 is 0.792 bits per heavy atom. The summed E-state index contributed by atoms with van der Waals surface area (Å²) in [6.45, 7) is 0. The summed E-state index contributed by atoms with van der Waals surface area (Å²) in [5.74, 6) is -0.224. The van der Waals surface area contributed by atoms with E-state index in [1.54, 1.807) is 0 Å². The zero-order chi connectivity index (χ0) is 36.2. The standard InChI is InChI=1S/C46H27F6N/c47-45(48,49)28-19-22-42(39(25-28)46(50,51)52)53-40-20-17-26(43-33-13-5-1-9-29(33)30-10-2-6-14-34(30)43)23-37(40)38-24-27(18-21-41(38)53)44-35-15-7-3-11-31(35)32-12-4-8-16-36(32)44/h1-25,43-44H. The van der Waals surface area contributed by atoms with E-state index in [4.69, 9.17) is 0 Å². The summed E-state index contributed by atoms with van der Waals surface area (Å²) in [6, 6.07) is 46.4. The van der Waals surface area contributed by atoms with E-state index >= 15 is 0 Å². The Kier molecular flexibility index (Phi) is 6.69. The van der Waals surface area contributed by atoms with Gasteiger partial charge in [0.25, 0.3) is 0 Å². The topological polar surface area (TPSA) is 4.93 Å². The summed E-state index contributed by atoms with van der Waals surface area (Å²) in [6.07, 6.45) is -9.99. The Morgan fingerprint density at radius 3 is 1.17 bits per heavy atom. The van der Waals surface area contributed by atoms with Crippen LogP contribution in [0.4, 0.5) is 26.3 Å². The van der Waals surface area contributed by atoms with Crippen molar-refractivity contribution in [1.82, 2.24) is 4.57 Å². The Labute approximate surface area is 300 Å². The molecule has 53 heavy (non-hydrogen) atoms. The van der Waals surface area contributed by atoms with Gasteiger partial charge < -0.3 is 4.57 Å². The molecule has 0 N–H and O–H groups in total. The number of hydrogen-bond acceptors (Lipinski definition) is 0. The van der Waals surface area contributed by atoms with E-state index in [9.17, 15) is 26.3 Å². The van der Waals surface area contributed by atoms with Crippen molar-refractivity contribution in [2.45, 2.75) is 24.2 Å².